The molecule has 28 heavy (non-hydrogen) atoms. The number of carbonyl (C=O) groups excluding carboxylic acids is 3. The molecule has 1 saturated heterocycles. The fraction of sp³-hybridized carbons (Fsp3) is 0.368. The van der Waals surface area contributed by atoms with Gasteiger partial charge in [0, 0.05) is 24.7 Å². The average Bonchev–Trinajstić information content (AvgIpc) is 3.01. The van der Waals surface area contributed by atoms with Gasteiger partial charge in [-0.1, -0.05) is 23.5 Å². The summed E-state index contributed by atoms with van der Waals surface area (Å²) in [6, 6.07) is 7.04. The molecule has 8 nitrogen and oxygen atoms in total. The van der Waals surface area contributed by atoms with Gasteiger partial charge in [0.25, 0.3) is 5.91 Å². The Kier molecular flexibility index (Phi) is 5.93. The van der Waals surface area contributed by atoms with Crippen molar-refractivity contribution in [1.29, 1.82) is 0 Å². The summed E-state index contributed by atoms with van der Waals surface area (Å²) in [7, 11) is 0. The summed E-state index contributed by atoms with van der Waals surface area (Å²) in [5, 5.41) is 5.78. The summed E-state index contributed by atoms with van der Waals surface area (Å²) in [6.45, 7) is 4.65. The van der Waals surface area contributed by atoms with E-state index in [-0.39, 0.29) is 17.7 Å². The van der Waals surface area contributed by atoms with E-state index in [9.17, 15) is 14.4 Å². The quantitative estimate of drug-likeness (QED) is 0.730. The van der Waals surface area contributed by atoms with Crippen LogP contribution in [0.25, 0.3) is 0 Å². The van der Waals surface area contributed by atoms with Crippen LogP contribution in [-0.4, -0.2) is 40.8 Å². The van der Waals surface area contributed by atoms with Gasteiger partial charge in [-0.3, -0.25) is 14.9 Å². The molecule has 1 aromatic heterocycles. The van der Waals surface area contributed by atoms with Crippen molar-refractivity contribution in [2.75, 3.05) is 23.7 Å². The zero-order chi connectivity index (χ0) is 20.3. The second kappa shape index (κ2) is 8.39. The number of nitrogens with two attached hydrogens (primary N) is 1. The second-order valence-corrected chi connectivity index (χ2v) is 7.85. The fourth-order valence-corrected chi connectivity index (χ4v) is 4.07. The van der Waals surface area contributed by atoms with Gasteiger partial charge in [0.05, 0.1) is 5.69 Å². The molecule has 0 radical (unpaired) electrons. The highest BCUT2D eigenvalue weighted by atomic mass is 32.1. The summed E-state index contributed by atoms with van der Waals surface area (Å²) >= 11 is 1.14. The van der Waals surface area contributed by atoms with E-state index in [0.717, 1.165) is 16.9 Å². The Morgan fingerprint density at radius 3 is 2.54 bits per heavy atom. The molecule has 0 saturated carbocycles. The minimum absolute atomic E-state index is 0.134. The largest absolute Gasteiger partial charge is 0.369 e. The number of benzene rings is 1. The molecule has 1 aromatic carbocycles. The molecular weight excluding hydrogens is 378 g/mol. The number of carbonyl (C=O) groups is 3. The van der Waals surface area contributed by atoms with Gasteiger partial charge in [-0.15, -0.1) is 0 Å². The molecule has 1 aliphatic rings. The summed E-state index contributed by atoms with van der Waals surface area (Å²) in [4.78, 5) is 42.7. The number of hydrogen-bond acceptors (Lipinski definition) is 5. The Morgan fingerprint density at radius 1 is 1.18 bits per heavy atom. The summed E-state index contributed by atoms with van der Waals surface area (Å²) in [5.41, 5.74) is 7.63. The van der Waals surface area contributed by atoms with Crippen LogP contribution < -0.4 is 16.4 Å². The number of thiazole rings is 1. The third-order valence-corrected chi connectivity index (χ3v) is 5.73. The van der Waals surface area contributed by atoms with Crippen LogP contribution in [0, 0.1) is 19.8 Å². The molecule has 0 aliphatic carbocycles. The molecule has 1 fully saturated rings. The van der Waals surface area contributed by atoms with Crippen LogP contribution >= 0.6 is 11.3 Å². The number of hydrogen-bond donors (Lipinski definition) is 3. The Hall–Kier alpha value is -2.94. The van der Waals surface area contributed by atoms with E-state index in [1.807, 2.05) is 25.1 Å². The maximum Gasteiger partial charge on any atom is 0.325 e. The molecule has 0 unspecified atom stereocenters. The van der Waals surface area contributed by atoms with Gasteiger partial charge < -0.3 is 16.0 Å². The third-order valence-electron chi connectivity index (χ3n) is 4.67. The lowest BCUT2D eigenvalue weighted by molar-refractivity contribution is -0.123. The Bertz CT molecular complexity index is 903. The average molecular weight is 401 g/mol. The smallest absolute Gasteiger partial charge is 0.325 e. The Morgan fingerprint density at radius 2 is 1.89 bits per heavy atom. The van der Waals surface area contributed by atoms with Crippen molar-refractivity contribution in [2.45, 2.75) is 26.7 Å². The molecule has 0 spiro atoms. The molecular formula is C19H23N5O3S. The van der Waals surface area contributed by atoms with Crippen molar-refractivity contribution in [3.63, 3.8) is 0 Å². The zero-order valence-corrected chi connectivity index (χ0v) is 16.6. The van der Waals surface area contributed by atoms with Crippen molar-refractivity contribution >= 4 is 40.0 Å². The Labute approximate surface area is 167 Å². The van der Waals surface area contributed by atoms with Crippen molar-refractivity contribution in [1.82, 2.24) is 9.88 Å². The SMILES string of the molecule is Cc1cccc(NC(=O)Nc2nc(C)c(C(=O)N3CCC(C(N)=O)CC3)s2)c1. The molecule has 2 heterocycles. The van der Waals surface area contributed by atoms with Gasteiger partial charge in [-0.05, 0) is 44.4 Å². The monoisotopic (exact) mass is 401 g/mol. The molecule has 0 bridgehead atoms. The number of nitrogens with one attached hydrogen (secondary N) is 2. The Balaban J connectivity index is 1.62. The number of amides is 4. The summed E-state index contributed by atoms with van der Waals surface area (Å²) in [5.74, 6) is -0.619. The van der Waals surface area contributed by atoms with Crippen molar-refractivity contribution in [2.24, 2.45) is 11.7 Å². The van der Waals surface area contributed by atoms with E-state index < -0.39 is 6.03 Å². The standard InChI is InChI=1S/C19H23N5O3S/c1-11-4-3-5-14(10-11)22-18(27)23-19-21-12(2)15(28-19)17(26)24-8-6-13(7-9-24)16(20)25/h3-5,10,13H,6-9H2,1-2H3,(H2,20,25)(H2,21,22,23,27). The minimum Gasteiger partial charge on any atom is -0.369 e. The van der Waals surface area contributed by atoms with Gasteiger partial charge in [0.2, 0.25) is 5.91 Å². The van der Waals surface area contributed by atoms with E-state index in [0.29, 0.717) is 47.3 Å². The number of piperidine rings is 1. The molecule has 3 rings (SSSR count). The van der Waals surface area contributed by atoms with Gasteiger partial charge in [0.1, 0.15) is 4.88 Å². The number of aromatic nitrogens is 1. The van der Waals surface area contributed by atoms with E-state index in [2.05, 4.69) is 15.6 Å². The molecule has 9 heteroatoms. The van der Waals surface area contributed by atoms with Crippen LogP contribution in [0.5, 0.6) is 0 Å². The molecule has 4 amide bonds. The first kappa shape index (κ1) is 19.8. The normalized spacial score (nSPS) is 14.6. The zero-order valence-electron chi connectivity index (χ0n) is 15.8. The first-order valence-electron chi connectivity index (χ1n) is 9.04. The predicted molar refractivity (Wildman–Crippen MR) is 108 cm³/mol. The maximum absolute atomic E-state index is 12.8. The van der Waals surface area contributed by atoms with Crippen LogP contribution in [-0.2, 0) is 4.79 Å². The lowest BCUT2D eigenvalue weighted by Crippen LogP contribution is -2.41. The van der Waals surface area contributed by atoms with Crippen LogP contribution in [0.2, 0.25) is 0 Å². The first-order valence-corrected chi connectivity index (χ1v) is 9.86. The molecule has 0 atom stereocenters. The summed E-state index contributed by atoms with van der Waals surface area (Å²) in [6.07, 6.45) is 1.14. The van der Waals surface area contributed by atoms with E-state index >= 15 is 0 Å². The van der Waals surface area contributed by atoms with Crippen LogP contribution in [0.4, 0.5) is 15.6 Å². The maximum atomic E-state index is 12.8. The van der Waals surface area contributed by atoms with E-state index in [4.69, 9.17) is 5.73 Å². The lowest BCUT2D eigenvalue weighted by atomic mass is 9.96. The number of urea groups is 1. The lowest BCUT2D eigenvalue weighted by Gasteiger charge is -2.30. The van der Waals surface area contributed by atoms with Gasteiger partial charge in [-0.2, -0.15) is 0 Å². The van der Waals surface area contributed by atoms with Gasteiger partial charge in [0.15, 0.2) is 5.13 Å². The van der Waals surface area contributed by atoms with Gasteiger partial charge in [-0.25, -0.2) is 9.78 Å². The summed E-state index contributed by atoms with van der Waals surface area (Å²) < 4.78 is 0. The van der Waals surface area contributed by atoms with E-state index in [1.54, 1.807) is 17.9 Å². The predicted octanol–water partition coefficient (Wildman–Crippen LogP) is 2.74. The van der Waals surface area contributed by atoms with Crippen LogP contribution in [0.1, 0.15) is 33.8 Å². The fourth-order valence-electron chi connectivity index (χ4n) is 3.14. The number of aryl methyl sites for hydroxylation is 2. The number of rotatable bonds is 4. The third kappa shape index (κ3) is 4.66. The topological polar surface area (TPSA) is 117 Å². The van der Waals surface area contributed by atoms with E-state index in [1.165, 1.54) is 0 Å². The number of likely N-dealkylation sites (tertiary alicyclic amines) is 1. The minimum atomic E-state index is -0.416. The molecule has 2 aromatic rings. The van der Waals surface area contributed by atoms with Crippen molar-refractivity contribution in [3.05, 3.63) is 40.4 Å². The number of nitrogens with zero attached hydrogens (tertiary/aromatic N) is 2. The first-order chi connectivity index (χ1) is 13.3. The molecule has 148 valence electrons. The van der Waals surface area contributed by atoms with Crippen molar-refractivity contribution in [3.8, 4) is 0 Å². The van der Waals surface area contributed by atoms with Crippen molar-refractivity contribution < 1.29 is 14.4 Å². The number of primary amides is 1. The molecule has 4 N–H and O–H groups in total. The highest BCUT2D eigenvalue weighted by Gasteiger charge is 2.28. The number of anilines is 2. The second-order valence-electron chi connectivity index (χ2n) is 6.85. The molecule has 1 aliphatic heterocycles. The highest BCUT2D eigenvalue weighted by molar-refractivity contribution is 7.17. The van der Waals surface area contributed by atoms with Crippen LogP contribution in [0.15, 0.2) is 24.3 Å². The van der Waals surface area contributed by atoms with Crippen LogP contribution in [0.3, 0.4) is 0 Å². The van der Waals surface area contributed by atoms with Gasteiger partial charge >= 0.3 is 6.03 Å². The highest BCUT2D eigenvalue weighted by Crippen LogP contribution is 2.26.